The molecule has 2 aliphatic heterocycles. The number of benzene rings is 3. The van der Waals surface area contributed by atoms with Gasteiger partial charge in [-0.1, -0.05) is 60.7 Å². The molecule has 2 atom stereocenters. The van der Waals surface area contributed by atoms with E-state index < -0.39 is 36.2 Å². The molecule has 2 saturated heterocycles. The van der Waals surface area contributed by atoms with Crippen molar-refractivity contribution in [1.29, 1.82) is 0 Å². The van der Waals surface area contributed by atoms with Crippen LogP contribution >= 0.6 is 0 Å². The van der Waals surface area contributed by atoms with Crippen molar-refractivity contribution in [2.75, 3.05) is 32.9 Å². The maximum absolute atomic E-state index is 13.6. The summed E-state index contributed by atoms with van der Waals surface area (Å²) in [7, 11) is 0. The maximum Gasteiger partial charge on any atom is 0.307 e. The van der Waals surface area contributed by atoms with Crippen LogP contribution in [0.4, 0.5) is 13.2 Å². The second kappa shape index (κ2) is 9.93. The standard InChI is InChI=1S/C28H27F3N2O3/c29-18-28(30,31)23-9-7-21(8-10-23)26-24(16-25(34)36-26)27(35)33-13-11-32(12-14-33)17-19-5-6-20-3-1-2-4-22(20)15-19/h1-10,15,24,26H,11-14,16-18H2/t24-,26?/m0/s1. The summed E-state index contributed by atoms with van der Waals surface area (Å²) in [5.74, 6) is -4.95. The van der Waals surface area contributed by atoms with Crippen LogP contribution in [0.3, 0.4) is 0 Å². The Morgan fingerprint density at radius 3 is 2.33 bits per heavy atom. The lowest BCUT2D eigenvalue weighted by Gasteiger charge is -2.36. The number of fused-ring (bicyclic) bond motifs is 1. The van der Waals surface area contributed by atoms with E-state index in [4.69, 9.17) is 4.74 Å². The molecular formula is C28H27F3N2O3. The molecule has 36 heavy (non-hydrogen) atoms. The molecule has 0 saturated carbocycles. The normalized spacial score (nSPS) is 21.1. The first-order valence-corrected chi connectivity index (χ1v) is 12.1. The zero-order chi connectivity index (χ0) is 25.3. The molecule has 5 nitrogen and oxygen atoms in total. The Bertz CT molecular complexity index is 1260. The highest BCUT2D eigenvalue weighted by molar-refractivity contribution is 5.87. The second-order valence-corrected chi connectivity index (χ2v) is 9.46. The molecule has 1 unspecified atom stereocenters. The van der Waals surface area contributed by atoms with Gasteiger partial charge >= 0.3 is 11.9 Å². The Labute approximate surface area is 207 Å². The maximum atomic E-state index is 13.6. The number of alkyl halides is 3. The number of esters is 1. The summed E-state index contributed by atoms with van der Waals surface area (Å²) in [4.78, 5) is 29.4. The molecule has 5 rings (SSSR count). The van der Waals surface area contributed by atoms with Crippen molar-refractivity contribution in [3.63, 3.8) is 0 Å². The van der Waals surface area contributed by atoms with Gasteiger partial charge in [-0.3, -0.25) is 14.5 Å². The first kappa shape index (κ1) is 24.3. The largest absolute Gasteiger partial charge is 0.457 e. The molecule has 188 valence electrons. The number of amides is 1. The van der Waals surface area contributed by atoms with Crippen molar-refractivity contribution >= 4 is 22.6 Å². The number of piperazine rings is 1. The zero-order valence-electron chi connectivity index (χ0n) is 19.7. The smallest absolute Gasteiger partial charge is 0.307 e. The number of rotatable bonds is 6. The summed E-state index contributed by atoms with van der Waals surface area (Å²) in [6.45, 7) is 1.47. The number of cyclic esters (lactones) is 1. The molecule has 3 aromatic carbocycles. The number of carbonyl (C=O) groups excluding carboxylic acids is 2. The van der Waals surface area contributed by atoms with Crippen molar-refractivity contribution in [2.24, 2.45) is 5.92 Å². The molecule has 3 aromatic rings. The monoisotopic (exact) mass is 496 g/mol. The summed E-state index contributed by atoms with van der Waals surface area (Å²) in [5, 5.41) is 2.40. The van der Waals surface area contributed by atoms with Gasteiger partial charge in [-0.15, -0.1) is 0 Å². The molecule has 2 heterocycles. The van der Waals surface area contributed by atoms with Crippen LogP contribution < -0.4 is 0 Å². The number of hydrogen-bond donors (Lipinski definition) is 0. The average molecular weight is 497 g/mol. The quantitative estimate of drug-likeness (QED) is 0.458. The first-order valence-electron chi connectivity index (χ1n) is 12.1. The third-order valence-electron chi connectivity index (χ3n) is 7.06. The van der Waals surface area contributed by atoms with Gasteiger partial charge in [0.15, 0.2) is 6.67 Å². The van der Waals surface area contributed by atoms with Gasteiger partial charge in [0.1, 0.15) is 6.10 Å². The highest BCUT2D eigenvalue weighted by Gasteiger charge is 2.43. The molecule has 2 fully saturated rings. The van der Waals surface area contributed by atoms with E-state index in [0.717, 1.165) is 18.7 Å². The van der Waals surface area contributed by atoms with Crippen LogP contribution in [0, 0.1) is 5.92 Å². The fraction of sp³-hybridized carbons (Fsp3) is 0.357. The van der Waals surface area contributed by atoms with Crippen molar-refractivity contribution in [1.82, 2.24) is 9.80 Å². The predicted octanol–water partition coefficient (Wildman–Crippen LogP) is 4.85. The van der Waals surface area contributed by atoms with Crippen LogP contribution in [0.1, 0.15) is 29.2 Å². The van der Waals surface area contributed by atoms with Gasteiger partial charge in [0.2, 0.25) is 5.91 Å². The number of nitrogens with zero attached hydrogens (tertiary/aromatic N) is 2. The summed E-state index contributed by atoms with van der Waals surface area (Å²) >= 11 is 0. The van der Waals surface area contributed by atoms with Crippen molar-refractivity contribution < 1.29 is 27.5 Å². The Morgan fingerprint density at radius 2 is 1.64 bits per heavy atom. The minimum Gasteiger partial charge on any atom is -0.457 e. The van der Waals surface area contributed by atoms with Gasteiger partial charge < -0.3 is 9.64 Å². The van der Waals surface area contributed by atoms with Gasteiger partial charge in [-0.05, 0) is 28.0 Å². The molecule has 1 amide bonds. The first-order chi connectivity index (χ1) is 17.3. The Balaban J connectivity index is 1.21. The van der Waals surface area contributed by atoms with Crippen LogP contribution in [0.25, 0.3) is 10.8 Å². The highest BCUT2D eigenvalue weighted by Crippen LogP contribution is 2.38. The van der Waals surface area contributed by atoms with Crippen LogP contribution in [-0.4, -0.2) is 54.5 Å². The topological polar surface area (TPSA) is 49.9 Å². The fourth-order valence-corrected chi connectivity index (χ4v) is 5.03. The van der Waals surface area contributed by atoms with Crippen LogP contribution in [-0.2, 0) is 26.8 Å². The third kappa shape index (κ3) is 4.95. The lowest BCUT2D eigenvalue weighted by Crippen LogP contribution is -2.50. The van der Waals surface area contributed by atoms with Gasteiger partial charge in [-0.2, -0.15) is 8.78 Å². The predicted molar refractivity (Wildman–Crippen MR) is 129 cm³/mol. The average Bonchev–Trinajstić information content (AvgIpc) is 3.30. The summed E-state index contributed by atoms with van der Waals surface area (Å²) < 4.78 is 45.3. The lowest BCUT2D eigenvalue weighted by atomic mass is 9.92. The molecular weight excluding hydrogens is 469 g/mol. The van der Waals surface area contributed by atoms with Crippen molar-refractivity contribution in [3.8, 4) is 0 Å². The number of carbonyl (C=O) groups is 2. The van der Waals surface area contributed by atoms with E-state index in [1.807, 2.05) is 12.1 Å². The van der Waals surface area contributed by atoms with Crippen LogP contribution in [0.15, 0.2) is 66.7 Å². The molecule has 0 aliphatic carbocycles. The molecule has 0 bridgehead atoms. The van der Waals surface area contributed by atoms with Crippen LogP contribution in [0.2, 0.25) is 0 Å². The third-order valence-corrected chi connectivity index (χ3v) is 7.06. The van der Waals surface area contributed by atoms with Gasteiger partial charge in [-0.25, -0.2) is 4.39 Å². The molecule has 0 aromatic heterocycles. The molecule has 2 aliphatic rings. The minimum absolute atomic E-state index is 0.0524. The van der Waals surface area contributed by atoms with E-state index >= 15 is 0 Å². The molecule has 0 radical (unpaired) electrons. The van der Waals surface area contributed by atoms with Gasteiger partial charge in [0.05, 0.1) is 12.3 Å². The number of ether oxygens (including phenoxy) is 1. The fourth-order valence-electron chi connectivity index (χ4n) is 5.03. The number of hydrogen-bond acceptors (Lipinski definition) is 4. The SMILES string of the molecule is O=C1C[C@H](C(=O)N2CCN(Cc3ccc4ccccc4c3)CC2)C(c2ccc(C(F)(F)CF)cc2)O1. The van der Waals surface area contributed by atoms with Crippen molar-refractivity contribution in [3.05, 3.63) is 83.4 Å². The Morgan fingerprint density at radius 1 is 0.944 bits per heavy atom. The number of halogens is 3. The summed E-state index contributed by atoms with van der Waals surface area (Å²) in [6, 6.07) is 19.7. The van der Waals surface area contributed by atoms with E-state index in [1.54, 1.807) is 4.90 Å². The highest BCUT2D eigenvalue weighted by atomic mass is 19.3. The molecule has 0 N–H and O–H groups in total. The zero-order valence-corrected chi connectivity index (χ0v) is 19.7. The van der Waals surface area contributed by atoms with Gasteiger partial charge in [0.25, 0.3) is 0 Å². The molecule has 8 heteroatoms. The van der Waals surface area contributed by atoms with Crippen molar-refractivity contribution in [2.45, 2.75) is 25.0 Å². The second-order valence-electron chi connectivity index (χ2n) is 9.46. The van der Waals surface area contributed by atoms with E-state index in [1.165, 1.54) is 28.5 Å². The Hall–Kier alpha value is -3.39. The van der Waals surface area contributed by atoms with E-state index in [9.17, 15) is 22.8 Å². The Kier molecular flexibility index (Phi) is 6.71. The van der Waals surface area contributed by atoms with E-state index in [-0.39, 0.29) is 12.3 Å². The summed E-state index contributed by atoms with van der Waals surface area (Å²) in [6.07, 6.45) is -0.892. The van der Waals surface area contributed by atoms with E-state index in [2.05, 4.69) is 35.2 Å². The van der Waals surface area contributed by atoms with E-state index in [0.29, 0.717) is 31.7 Å². The van der Waals surface area contributed by atoms with Crippen LogP contribution in [0.5, 0.6) is 0 Å². The lowest BCUT2D eigenvalue weighted by molar-refractivity contribution is -0.142. The minimum atomic E-state index is -3.58. The van der Waals surface area contributed by atoms with Gasteiger partial charge in [0, 0.05) is 38.3 Å². The summed E-state index contributed by atoms with van der Waals surface area (Å²) in [5.41, 5.74) is 1.21. The molecule has 0 spiro atoms.